The van der Waals surface area contributed by atoms with Gasteiger partial charge >= 0.3 is 0 Å². The van der Waals surface area contributed by atoms with E-state index in [4.69, 9.17) is 0 Å². The van der Waals surface area contributed by atoms with E-state index in [1.165, 1.54) is 32.2 Å². The summed E-state index contributed by atoms with van der Waals surface area (Å²) < 4.78 is 0. The summed E-state index contributed by atoms with van der Waals surface area (Å²) in [6, 6.07) is 0. The van der Waals surface area contributed by atoms with E-state index in [2.05, 4.69) is 22.8 Å². The van der Waals surface area contributed by atoms with E-state index >= 15 is 0 Å². The molecule has 0 aromatic carbocycles. The van der Waals surface area contributed by atoms with Crippen molar-refractivity contribution in [3.05, 3.63) is 12.2 Å². The van der Waals surface area contributed by atoms with Crippen LogP contribution in [0.25, 0.3) is 0 Å². The van der Waals surface area contributed by atoms with Crippen molar-refractivity contribution in [2.45, 2.75) is 25.7 Å². The van der Waals surface area contributed by atoms with Gasteiger partial charge in [0.15, 0.2) is 0 Å². The second-order valence-electron chi connectivity index (χ2n) is 3.81. The van der Waals surface area contributed by atoms with Gasteiger partial charge in [0.1, 0.15) is 0 Å². The molecule has 2 heteroatoms. The van der Waals surface area contributed by atoms with E-state index < -0.39 is 0 Å². The number of hydrogen-bond donors (Lipinski definition) is 2. The monoisotopic (exact) mass is 182 g/mol. The van der Waals surface area contributed by atoms with E-state index in [0.29, 0.717) is 0 Å². The van der Waals surface area contributed by atoms with Gasteiger partial charge in [0.2, 0.25) is 0 Å². The van der Waals surface area contributed by atoms with Crippen LogP contribution < -0.4 is 10.6 Å². The van der Waals surface area contributed by atoms with Gasteiger partial charge in [0.25, 0.3) is 0 Å². The molecule has 0 radical (unpaired) electrons. The molecule has 1 aliphatic carbocycles. The normalized spacial score (nSPS) is 22.1. The predicted molar refractivity (Wildman–Crippen MR) is 57.9 cm³/mol. The molecule has 0 fully saturated rings. The van der Waals surface area contributed by atoms with Gasteiger partial charge in [0.05, 0.1) is 0 Å². The predicted octanol–water partition coefficient (Wildman–Crippen LogP) is 1.54. The lowest BCUT2D eigenvalue weighted by atomic mass is 9.94. The summed E-state index contributed by atoms with van der Waals surface area (Å²) in [4.78, 5) is 0. The minimum Gasteiger partial charge on any atom is -0.320 e. The van der Waals surface area contributed by atoms with Gasteiger partial charge in [-0.1, -0.05) is 12.2 Å². The topological polar surface area (TPSA) is 24.1 Å². The molecule has 0 spiro atoms. The highest BCUT2D eigenvalue weighted by atomic mass is 14.9. The minimum absolute atomic E-state index is 0.889. The van der Waals surface area contributed by atoms with Gasteiger partial charge < -0.3 is 10.6 Å². The van der Waals surface area contributed by atoms with Crippen LogP contribution in [-0.2, 0) is 0 Å². The lowest BCUT2D eigenvalue weighted by Gasteiger charge is -2.17. The first-order valence-electron chi connectivity index (χ1n) is 5.44. The van der Waals surface area contributed by atoms with Crippen LogP contribution in [0.15, 0.2) is 12.2 Å². The van der Waals surface area contributed by atoms with Gasteiger partial charge in [0, 0.05) is 0 Å². The number of nitrogens with one attached hydrogen (secondary N) is 2. The summed E-state index contributed by atoms with van der Waals surface area (Å²) >= 11 is 0. The number of hydrogen-bond acceptors (Lipinski definition) is 2. The lowest BCUT2D eigenvalue weighted by molar-refractivity contribution is 0.438. The molecule has 0 bridgehead atoms. The van der Waals surface area contributed by atoms with Crippen molar-refractivity contribution >= 4 is 0 Å². The van der Waals surface area contributed by atoms with Crippen LogP contribution in [0.4, 0.5) is 0 Å². The Hall–Kier alpha value is -0.340. The molecule has 0 aromatic rings. The van der Waals surface area contributed by atoms with Crippen LogP contribution in [0.2, 0.25) is 0 Å². The Morgan fingerprint density at radius 1 is 1.31 bits per heavy atom. The van der Waals surface area contributed by atoms with Crippen molar-refractivity contribution < 1.29 is 0 Å². The zero-order valence-corrected chi connectivity index (χ0v) is 8.68. The molecule has 76 valence electrons. The zero-order valence-electron chi connectivity index (χ0n) is 8.68. The molecule has 13 heavy (non-hydrogen) atoms. The van der Waals surface area contributed by atoms with Crippen molar-refractivity contribution in [2.75, 3.05) is 26.7 Å². The maximum Gasteiger partial charge on any atom is -0.00174 e. The van der Waals surface area contributed by atoms with Crippen molar-refractivity contribution in [3.8, 4) is 0 Å². The molecule has 1 unspecified atom stereocenters. The van der Waals surface area contributed by atoms with E-state index in [9.17, 15) is 0 Å². The van der Waals surface area contributed by atoms with Gasteiger partial charge in [-0.3, -0.25) is 0 Å². The minimum atomic E-state index is 0.889. The van der Waals surface area contributed by atoms with E-state index in [0.717, 1.165) is 19.0 Å². The Morgan fingerprint density at radius 3 is 2.92 bits per heavy atom. The smallest absolute Gasteiger partial charge is 0.00174 e. The average Bonchev–Trinajstić information content (AvgIpc) is 2.19. The number of rotatable bonds is 6. The Kier molecular flexibility index (Phi) is 5.87. The first kappa shape index (κ1) is 10.7. The highest BCUT2D eigenvalue weighted by Crippen LogP contribution is 2.16. The Balaban J connectivity index is 1.90. The lowest BCUT2D eigenvalue weighted by Crippen LogP contribution is -2.26. The molecule has 1 rings (SSSR count). The summed E-state index contributed by atoms with van der Waals surface area (Å²) in [6.45, 7) is 3.48. The summed E-state index contributed by atoms with van der Waals surface area (Å²) in [5.74, 6) is 0.889. The van der Waals surface area contributed by atoms with Crippen molar-refractivity contribution in [2.24, 2.45) is 5.92 Å². The second kappa shape index (κ2) is 7.10. The third kappa shape index (κ3) is 5.06. The molecule has 0 amide bonds. The Labute approximate surface area is 81.8 Å². The molecule has 0 aliphatic heterocycles. The van der Waals surface area contributed by atoms with Crippen molar-refractivity contribution in [1.29, 1.82) is 0 Å². The van der Waals surface area contributed by atoms with Gasteiger partial charge in [-0.2, -0.15) is 0 Å². The molecule has 0 saturated carbocycles. The summed E-state index contributed by atoms with van der Waals surface area (Å²) in [5, 5.41) is 6.67. The summed E-state index contributed by atoms with van der Waals surface area (Å²) in [6.07, 6.45) is 9.79. The van der Waals surface area contributed by atoms with Crippen molar-refractivity contribution in [3.63, 3.8) is 0 Å². The van der Waals surface area contributed by atoms with E-state index in [1.54, 1.807) is 0 Å². The third-order valence-corrected chi connectivity index (χ3v) is 2.59. The maximum absolute atomic E-state index is 3.52. The van der Waals surface area contributed by atoms with Crippen LogP contribution >= 0.6 is 0 Å². The van der Waals surface area contributed by atoms with Gasteiger partial charge in [-0.05, 0) is 58.3 Å². The average molecular weight is 182 g/mol. The fraction of sp³-hybridized carbons (Fsp3) is 0.818. The van der Waals surface area contributed by atoms with Crippen LogP contribution in [0.1, 0.15) is 25.7 Å². The molecular weight excluding hydrogens is 160 g/mol. The largest absolute Gasteiger partial charge is 0.320 e. The fourth-order valence-electron chi connectivity index (χ4n) is 1.74. The molecule has 0 aromatic heterocycles. The molecule has 1 aliphatic rings. The summed E-state index contributed by atoms with van der Waals surface area (Å²) in [5.41, 5.74) is 0. The Bertz CT molecular complexity index is 143. The molecule has 0 saturated heterocycles. The van der Waals surface area contributed by atoms with Crippen molar-refractivity contribution in [1.82, 2.24) is 10.6 Å². The van der Waals surface area contributed by atoms with Gasteiger partial charge in [-0.25, -0.2) is 0 Å². The SMILES string of the molecule is CNCCCNCC1CC=CCC1. The van der Waals surface area contributed by atoms with Crippen LogP contribution in [0.3, 0.4) is 0 Å². The van der Waals surface area contributed by atoms with Gasteiger partial charge in [-0.15, -0.1) is 0 Å². The standard InChI is InChI=1S/C11H22N2/c1-12-8-5-9-13-10-11-6-3-2-4-7-11/h2-3,11-13H,4-10H2,1H3. The molecule has 2 nitrogen and oxygen atoms in total. The van der Waals surface area contributed by atoms with Crippen LogP contribution in [0.5, 0.6) is 0 Å². The fourth-order valence-corrected chi connectivity index (χ4v) is 1.74. The molecule has 1 atom stereocenters. The van der Waals surface area contributed by atoms with Crippen LogP contribution in [-0.4, -0.2) is 26.7 Å². The zero-order chi connectivity index (χ0) is 9.36. The first-order valence-corrected chi connectivity index (χ1v) is 5.44. The highest BCUT2D eigenvalue weighted by molar-refractivity contribution is 4.90. The first-order chi connectivity index (χ1) is 6.43. The van der Waals surface area contributed by atoms with E-state index in [1.807, 2.05) is 7.05 Å². The number of allylic oxidation sites excluding steroid dienone is 2. The Morgan fingerprint density at radius 2 is 2.23 bits per heavy atom. The quantitative estimate of drug-likeness (QED) is 0.481. The molecule has 0 heterocycles. The second-order valence-corrected chi connectivity index (χ2v) is 3.81. The third-order valence-electron chi connectivity index (χ3n) is 2.59. The maximum atomic E-state index is 3.52. The van der Waals surface area contributed by atoms with Crippen LogP contribution in [0, 0.1) is 5.92 Å². The van der Waals surface area contributed by atoms with E-state index in [-0.39, 0.29) is 0 Å². The molecule has 2 N–H and O–H groups in total. The summed E-state index contributed by atoms with van der Waals surface area (Å²) in [7, 11) is 2.01. The highest BCUT2D eigenvalue weighted by Gasteiger charge is 2.08. The molecular formula is C11H22N2.